The summed E-state index contributed by atoms with van der Waals surface area (Å²) in [6, 6.07) is 85.5. The Morgan fingerprint density at radius 2 is 0.271 bits per heavy atom. The Morgan fingerprint density at radius 1 is 0.186 bits per heavy atom. The molecule has 0 radical (unpaired) electrons. The molecule has 0 heterocycles. The van der Waals surface area contributed by atoms with Gasteiger partial charge in [0, 0.05) is 0 Å². The number of benzene rings is 9. The second-order valence-corrected chi connectivity index (χ2v) is 26.8. The van der Waals surface area contributed by atoms with Gasteiger partial charge in [0.1, 0.15) is 51.7 Å². The van der Waals surface area contributed by atoms with Gasteiger partial charge in [0.2, 0.25) is 0 Å². The fraction of sp³-hybridized carbons (Fsp3) is 0. The van der Waals surface area contributed by atoms with E-state index in [1.165, 1.54) is 0 Å². The van der Waals surface area contributed by atoms with E-state index in [0.717, 1.165) is 0 Å². The molecule has 360 valence electrons. The smallest absolute Gasteiger partial charge is 0.409 e. The molecule has 9 aromatic carbocycles. The molecule has 0 aliphatic carbocycles. The Hall–Kier alpha value is -6.01. The van der Waals surface area contributed by atoms with Crippen LogP contribution >= 0.6 is 54.6 Å². The molecule has 0 aliphatic heterocycles. The number of hydrogen-bond donors (Lipinski definition) is 0. The van der Waals surface area contributed by atoms with Gasteiger partial charge in [-0.15, -0.1) is 0 Å². The minimum Gasteiger partial charge on any atom is -0.409 e. The predicted octanol–water partition coefficient (Wildman–Crippen LogP) is 18.4. The Balaban J connectivity index is 0.000000166. The van der Waals surface area contributed by atoms with E-state index >= 15 is 0 Å². The first-order valence-electron chi connectivity index (χ1n) is 21.1. The van der Waals surface area contributed by atoms with Gasteiger partial charge >= 0.3 is 68.0 Å². The molecular weight excluding hydrogens is 1180 g/mol. The van der Waals surface area contributed by atoms with E-state index in [-0.39, 0.29) is 0 Å². The largest absolute Gasteiger partial charge is 0.530 e. The molecule has 16 heteroatoms. The van der Waals surface area contributed by atoms with Crippen LogP contribution in [0.1, 0.15) is 0 Å². The molecule has 0 N–H and O–H groups in total. The van der Waals surface area contributed by atoms with Crippen molar-refractivity contribution >= 4 is 54.6 Å². The number of hydrogen-bond acceptors (Lipinski definition) is 9. The zero-order chi connectivity index (χ0) is 48.7. The first kappa shape index (κ1) is 53.3. The zero-order valence-electron chi connectivity index (χ0n) is 37.0. The van der Waals surface area contributed by atoms with Gasteiger partial charge in [-0.25, -0.2) is 0 Å². The topological polar surface area (TPSA) is 83.1 Å². The average molecular weight is 1230 g/mol. The molecular formula is C54H45Cl3IrO9P3. The summed E-state index contributed by atoms with van der Waals surface area (Å²) in [5.74, 6) is 6.38. The SMILES string of the molecule is [Cl][Ir]([Cl])[Cl].c1ccc(OP(Oc2ccccc2)Oc2ccccc2)cc1.c1ccc(OP(Oc2ccccc2)Oc2ccccc2)cc1.c1ccc(OP(Oc2ccccc2)Oc2ccccc2)cc1. The quantitative estimate of drug-likeness (QED) is 0.0780. The van der Waals surface area contributed by atoms with Gasteiger partial charge in [-0.3, -0.25) is 0 Å². The summed E-state index contributed by atoms with van der Waals surface area (Å²) >= 11 is -1.92. The number of rotatable bonds is 18. The van der Waals surface area contributed by atoms with E-state index in [4.69, 9.17) is 69.5 Å². The Labute approximate surface area is 430 Å². The molecule has 9 rings (SSSR count). The summed E-state index contributed by atoms with van der Waals surface area (Å²) in [5.41, 5.74) is 0. The van der Waals surface area contributed by atoms with Gasteiger partial charge in [0.25, 0.3) is 0 Å². The van der Waals surface area contributed by atoms with Crippen molar-refractivity contribution in [1.82, 2.24) is 0 Å². The monoisotopic (exact) mass is 1230 g/mol. The van der Waals surface area contributed by atoms with Crippen LogP contribution in [0.3, 0.4) is 0 Å². The van der Waals surface area contributed by atoms with Gasteiger partial charge in [-0.2, -0.15) is 0 Å². The van der Waals surface area contributed by atoms with E-state index < -0.39 is 39.3 Å². The normalized spacial score (nSPS) is 10.3. The number of para-hydroxylation sites is 9. The molecule has 9 aromatic rings. The first-order chi connectivity index (χ1) is 34.4. The van der Waals surface area contributed by atoms with Crippen LogP contribution in [0.15, 0.2) is 273 Å². The minimum absolute atomic E-state index is 0.709. The van der Waals surface area contributed by atoms with Crippen molar-refractivity contribution in [2.75, 3.05) is 0 Å². The molecule has 0 aliphatic rings. The van der Waals surface area contributed by atoms with Gasteiger partial charge in [-0.05, 0) is 109 Å². The molecule has 0 atom stereocenters. The zero-order valence-corrected chi connectivity index (χ0v) is 44.3. The van der Waals surface area contributed by atoms with Crippen LogP contribution in [-0.2, 0) is 13.5 Å². The molecule has 9 nitrogen and oxygen atoms in total. The summed E-state index contributed by atoms with van der Waals surface area (Å²) in [6.45, 7) is 0. The van der Waals surface area contributed by atoms with Crippen LogP contribution in [0.25, 0.3) is 0 Å². The van der Waals surface area contributed by atoms with Gasteiger partial charge in [0.15, 0.2) is 0 Å². The molecule has 0 saturated heterocycles. The van der Waals surface area contributed by atoms with Crippen molar-refractivity contribution in [3.63, 3.8) is 0 Å². The molecule has 0 spiro atoms. The second-order valence-electron chi connectivity index (χ2n) is 13.5. The third-order valence-electron chi connectivity index (χ3n) is 8.31. The van der Waals surface area contributed by atoms with E-state index in [0.29, 0.717) is 51.7 Å². The summed E-state index contributed by atoms with van der Waals surface area (Å²) in [5, 5.41) is 0. The van der Waals surface area contributed by atoms with Crippen LogP contribution in [0, 0.1) is 0 Å². The fourth-order valence-electron chi connectivity index (χ4n) is 5.27. The summed E-state index contributed by atoms with van der Waals surface area (Å²) < 4.78 is 52.6. The van der Waals surface area contributed by atoms with Crippen LogP contribution in [0.5, 0.6) is 51.7 Å². The van der Waals surface area contributed by atoms with E-state index in [2.05, 4.69) is 0 Å². The molecule has 0 amide bonds. The maximum Gasteiger partial charge on any atom is 0.530 e. The van der Waals surface area contributed by atoms with E-state index in [9.17, 15) is 0 Å². The maximum absolute atomic E-state index is 5.84. The standard InChI is InChI=1S/3C18H15O3P.3ClH.Ir/c3*1-4-10-16(11-5-1)19-22(20-17-12-6-2-7-13-17)21-18-14-8-3-9-15-18;;;;/h3*1-15H;3*1H;/q;;;;;;+3/p-3. The predicted molar refractivity (Wildman–Crippen MR) is 282 cm³/mol. The number of halogens is 3. The van der Waals surface area contributed by atoms with Crippen LogP contribution < -0.4 is 40.7 Å². The molecule has 70 heavy (non-hydrogen) atoms. The Morgan fingerprint density at radius 3 is 0.357 bits per heavy atom. The summed E-state index contributed by atoms with van der Waals surface area (Å²) in [4.78, 5) is 0. The third-order valence-corrected chi connectivity index (χ3v) is 11.5. The van der Waals surface area contributed by atoms with Crippen molar-refractivity contribution in [3.8, 4) is 51.7 Å². The summed E-state index contributed by atoms with van der Waals surface area (Å²) in [7, 11) is 10.1. The van der Waals surface area contributed by atoms with Crippen LogP contribution in [0.2, 0.25) is 0 Å². The fourth-order valence-corrected chi connectivity index (χ4v) is 8.25. The minimum atomic E-state index is -1.92. The third kappa shape index (κ3) is 22.2. The molecule has 0 aromatic heterocycles. The van der Waals surface area contributed by atoms with Crippen molar-refractivity contribution < 1.29 is 54.2 Å². The maximum atomic E-state index is 5.84. The van der Waals surface area contributed by atoms with Gasteiger partial charge in [-0.1, -0.05) is 164 Å². The molecule has 0 unspecified atom stereocenters. The van der Waals surface area contributed by atoms with E-state index in [1.54, 1.807) is 0 Å². The van der Waals surface area contributed by atoms with Crippen molar-refractivity contribution in [2.45, 2.75) is 0 Å². The Bertz CT molecular complexity index is 2100. The molecule has 0 fully saturated rings. The second kappa shape index (κ2) is 32.0. The van der Waals surface area contributed by atoms with E-state index in [1.807, 2.05) is 273 Å². The van der Waals surface area contributed by atoms with Gasteiger partial charge in [0.05, 0.1) is 0 Å². The summed E-state index contributed by atoms with van der Waals surface area (Å²) in [6.07, 6.45) is 0. The van der Waals surface area contributed by atoms with Gasteiger partial charge < -0.3 is 40.7 Å². The Kier molecular flexibility index (Phi) is 24.4. The molecule has 0 bridgehead atoms. The van der Waals surface area contributed by atoms with Crippen molar-refractivity contribution in [3.05, 3.63) is 273 Å². The van der Waals surface area contributed by atoms with Crippen molar-refractivity contribution in [2.24, 2.45) is 0 Å². The average Bonchev–Trinajstić information content (AvgIpc) is 3.39. The molecule has 0 saturated carbocycles. The first-order valence-corrected chi connectivity index (χ1v) is 33.2. The van der Waals surface area contributed by atoms with Crippen LogP contribution in [0.4, 0.5) is 0 Å². The van der Waals surface area contributed by atoms with Crippen molar-refractivity contribution in [1.29, 1.82) is 0 Å². The van der Waals surface area contributed by atoms with Crippen LogP contribution in [-0.4, -0.2) is 0 Å².